The Kier molecular flexibility index (Phi) is 3.79. The Bertz CT molecular complexity index is 406. The second-order valence-corrected chi connectivity index (χ2v) is 4.99. The van der Waals surface area contributed by atoms with Crippen molar-refractivity contribution < 1.29 is 9.18 Å². The first-order valence-corrected chi connectivity index (χ1v) is 6.09. The average molecular weight is 256 g/mol. The zero-order valence-corrected chi connectivity index (χ0v) is 10.5. The van der Waals surface area contributed by atoms with Crippen LogP contribution in [0, 0.1) is 11.7 Å². The van der Waals surface area contributed by atoms with Crippen LogP contribution < -0.4 is 0 Å². The summed E-state index contributed by atoms with van der Waals surface area (Å²) in [6, 6.07) is 6.36. The molecule has 0 saturated carbocycles. The topological polar surface area (TPSA) is 20.3 Å². The van der Waals surface area contributed by atoms with Crippen molar-refractivity contribution in [3.8, 4) is 0 Å². The van der Waals surface area contributed by atoms with Crippen molar-refractivity contribution in [2.24, 2.45) is 5.92 Å². The fourth-order valence-electron chi connectivity index (χ4n) is 2.45. The number of hydrogen-bond acceptors (Lipinski definition) is 2. The third-order valence-electron chi connectivity index (χ3n) is 3.41. The zero-order chi connectivity index (χ0) is 12.4. The van der Waals surface area contributed by atoms with E-state index in [0.29, 0.717) is 6.54 Å². The van der Waals surface area contributed by atoms with Crippen LogP contribution in [0.25, 0.3) is 0 Å². The van der Waals surface area contributed by atoms with Crippen LogP contribution in [-0.4, -0.2) is 30.3 Å². The van der Waals surface area contributed by atoms with Gasteiger partial charge in [0.15, 0.2) is 0 Å². The summed E-state index contributed by atoms with van der Waals surface area (Å²) in [5.74, 6) is -0.340. The molecule has 0 N–H and O–H groups in total. The number of piperidine rings is 1. The fraction of sp³-hybridized carbons (Fsp3) is 0.462. The molecule has 2 nitrogen and oxygen atoms in total. The molecule has 0 aliphatic carbocycles. The Hall–Kier alpha value is -0.930. The highest BCUT2D eigenvalue weighted by Crippen LogP contribution is 2.33. The summed E-state index contributed by atoms with van der Waals surface area (Å²) in [5.41, 5.74) is 0.999. The molecule has 2 rings (SSSR count). The van der Waals surface area contributed by atoms with Gasteiger partial charge in [0.2, 0.25) is 5.24 Å². The number of rotatable bonds is 2. The highest BCUT2D eigenvalue weighted by molar-refractivity contribution is 6.64. The molecule has 0 radical (unpaired) electrons. The molecular weight excluding hydrogens is 241 g/mol. The maximum absolute atomic E-state index is 12.9. The normalized spacial score (nSPS) is 25.8. The first-order valence-electron chi connectivity index (χ1n) is 5.71. The molecule has 92 valence electrons. The predicted octanol–water partition coefficient (Wildman–Crippen LogP) is 2.63. The van der Waals surface area contributed by atoms with Gasteiger partial charge >= 0.3 is 0 Å². The van der Waals surface area contributed by atoms with Crippen molar-refractivity contribution in [3.05, 3.63) is 35.6 Å². The first kappa shape index (κ1) is 12.5. The summed E-state index contributed by atoms with van der Waals surface area (Å²) in [6.45, 7) is 1.60. The van der Waals surface area contributed by atoms with Gasteiger partial charge in [-0.05, 0) is 55.2 Å². The van der Waals surface area contributed by atoms with Crippen LogP contribution in [0.1, 0.15) is 17.9 Å². The lowest BCUT2D eigenvalue weighted by molar-refractivity contribution is -0.117. The summed E-state index contributed by atoms with van der Waals surface area (Å²) in [5, 5.41) is -0.300. The van der Waals surface area contributed by atoms with E-state index in [-0.39, 0.29) is 22.9 Å². The Balaban J connectivity index is 2.23. The van der Waals surface area contributed by atoms with E-state index in [2.05, 4.69) is 4.90 Å². The molecule has 2 atom stereocenters. The highest BCUT2D eigenvalue weighted by atomic mass is 35.5. The molecule has 1 aliphatic rings. The van der Waals surface area contributed by atoms with Crippen molar-refractivity contribution in [2.45, 2.75) is 12.3 Å². The van der Waals surface area contributed by atoms with Crippen LogP contribution in [-0.2, 0) is 4.79 Å². The quantitative estimate of drug-likeness (QED) is 0.758. The van der Waals surface area contributed by atoms with E-state index in [1.807, 2.05) is 7.05 Å². The number of carbonyl (C=O) groups excluding carboxylic acids is 1. The Morgan fingerprint density at radius 1 is 1.41 bits per heavy atom. The minimum Gasteiger partial charge on any atom is -0.306 e. The van der Waals surface area contributed by atoms with Crippen molar-refractivity contribution in [2.75, 3.05) is 20.1 Å². The van der Waals surface area contributed by atoms with Gasteiger partial charge in [-0.25, -0.2) is 4.39 Å². The molecule has 1 heterocycles. The van der Waals surface area contributed by atoms with Crippen molar-refractivity contribution in [1.82, 2.24) is 4.90 Å². The van der Waals surface area contributed by atoms with Crippen LogP contribution >= 0.6 is 11.6 Å². The summed E-state index contributed by atoms with van der Waals surface area (Å²) >= 11 is 5.66. The van der Waals surface area contributed by atoms with Crippen LogP contribution in [0.3, 0.4) is 0 Å². The second-order valence-electron chi connectivity index (χ2n) is 4.62. The molecule has 1 aromatic rings. The fourth-order valence-corrected chi connectivity index (χ4v) is 2.67. The Morgan fingerprint density at radius 3 is 2.65 bits per heavy atom. The van der Waals surface area contributed by atoms with E-state index in [1.165, 1.54) is 12.1 Å². The number of halogens is 2. The van der Waals surface area contributed by atoms with Gasteiger partial charge in [-0.1, -0.05) is 12.1 Å². The molecule has 0 amide bonds. The van der Waals surface area contributed by atoms with E-state index < -0.39 is 0 Å². The zero-order valence-electron chi connectivity index (χ0n) is 9.70. The molecule has 17 heavy (non-hydrogen) atoms. The average Bonchev–Trinajstić information content (AvgIpc) is 2.30. The maximum atomic E-state index is 12.9. The van der Waals surface area contributed by atoms with Crippen molar-refractivity contribution in [3.63, 3.8) is 0 Å². The summed E-state index contributed by atoms with van der Waals surface area (Å²) in [6.07, 6.45) is 0.880. The van der Waals surface area contributed by atoms with E-state index in [0.717, 1.165) is 18.5 Å². The minimum absolute atomic E-state index is 0.108. The van der Waals surface area contributed by atoms with Gasteiger partial charge < -0.3 is 4.90 Å². The molecule has 4 heteroatoms. The molecule has 1 aliphatic heterocycles. The van der Waals surface area contributed by atoms with Crippen LogP contribution in [0.4, 0.5) is 4.39 Å². The van der Waals surface area contributed by atoms with E-state index in [9.17, 15) is 9.18 Å². The lowest BCUT2D eigenvalue weighted by Gasteiger charge is -2.35. The monoisotopic (exact) mass is 255 g/mol. The number of hydrogen-bond donors (Lipinski definition) is 0. The summed E-state index contributed by atoms with van der Waals surface area (Å²) in [4.78, 5) is 13.6. The van der Waals surface area contributed by atoms with Gasteiger partial charge in [0.25, 0.3) is 0 Å². The van der Waals surface area contributed by atoms with E-state index >= 15 is 0 Å². The molecule has 1 fully saturated rings. The SMILES string of the molecule is CN1CC[C@H](c2ccc(F)cc2)[C@H](C(=O)Cl)C1. The van der Waals surface area contributed by atoms with Gasteiger partial charge in [0.1, 0.15) is 5.82 Å². The Morgan fingerprint density at radius 2 is 2.06 bits per heavy atom. The highest BCUT2D eigenvalue weighted by Gasteiger charge is 2.33. The maximum Gasteiger partial charge on any atom is 0.226 e. The standard InChI is InChI=1S/C13H15ClFNO/c1-16-7-6-11(12(8-16)13(14)17)9-2-4-10(15)5-3-9/h2-5,11-12H,6-8H2,1H3/t11-,12-/m1/s1. The summed E-state index contributed by atoms with van der Waals surface area (Å²) < 4.78 is 12.9. The first-order chi connectivity index (χ1) is 8.08. The summed E-state index contributed by atoms with van der Waals surface area (Å²) in [7, 11) is 1.98. The third-order valence-corrected chi connectivity index (χ3v) is 3.69. The number of carbonyl (C=O) groups is 1. The van der Waals surface area contributed by atoms with Crippen molar-refractivity contribution in [1.29, 1.82) is 0 Å². The molecule has 0 aromatic heterocycles. The lowest BCUT2D eigenvalue weighted by atomic mass is 9.81. The number of nitrogens with zero attached hydrogens (tertiary/aromatic N) is 1. The molecule has 1 saturated heterocycles. The molecule has 0 unspecified atom stereocenters. The largest absolute Gasteiger partial charge is 0.306 e. The van der Waals surface area contributed by atoms with E-state index in [1.54, 1.807) is 12.1 Å². The molecule has 0 bridgehead atoms. The number of benzene rings is 1. The molecule has 0 spiro atoms. The van der Waals surface area contributed by atoms with Crippen LogP contribution in [0.2, 0.25) is 0 Å². The van der Waals surface area contributed by atoms with Gasteiger partial charge in [0, 0.05) is 6.54 Å². The van der Waals surface area contributed by atoms with Gasteiger partial charge in [-0.2, -0.15) is 0 Å². The predicted molar refractivity (Wildman–Crippen MR) is 65.6 cm³/mol. The van der Waals surface area contributed by atoms with Crippen molar-refractivity contribution >= 4 is 16.8 Å². The number of likely N-dealkylation sites (tertiary alicyclic amines) is 1. The minimum atomic E-state index is -0.300. The Labute approximate surface area is 105 Å². The lowest BCUT2D eigenvalue weighted by Crippen LogP contribution is -2.39. The second kappa shape index (κ2) is 5.15. The third kappa shape index (κ3) is 2.85. The van der Waals surface area contributed by atoms with Crippen LogP contribution in [0.15, 0.2) is 24.3 Å². The molecule has 1 aromatic carbocycles. The van der Waals surface area contributed by atoms with Gasteiger partial charge in [0.05, 0.1) is 5.92 Å². The van der Waals surface area contributed by atoms with Crippen LogP contribution in [0.5, 0.6) is 0 Å². The van der Waals surface area contributed by atoms with Gasteiger partial charge in [-0.15, -0.1) is 0 Å². The molecular formula is C13H15ClFNO. The van der Waals surface area contributed by atoms with Gasteiger partial charge in [-0.3, -0.25) is 4.79 Å². The smallest absolute Gasteiger partial charge is 0.226 e. The van der Waals surface area contributed by atoms with E-state index in [4.69, 9.17) is 11.6 Å².